The number of rotatable bonds is 8. The summed E-state index contributed by atoms with van der Waals surface area (Å²) in [6, 6.07) is 13.7. The first-order valence-corrected chi connectivity index (χ1v) is 9.88. The lowest BCUT2D eigenvalue weighted by atomic mass is 10.2. The third-order valence-corrected chi connectivity index (χ3v) is 5.02. The van der Waals surface area contributed by atoms with Crippen LogP contribution in [0.4, 0.5) is 8.78 Å². The van der Waals surface area contributed by atoms with Crippen LogP contribution >= 0.6 is 22.9 Å². The van der Waals surface area contributed by atoms with E-state index in [2.05, 4.69) is 14.8 Å². The molecule has 0 amide bonds. The third-order valence-electron chi connectivity index (χ3n) is 3.82. The van der Waals surface area contributed by atoms with Crippen LogP contribution in [-0.4, -0.2) is 37.8 Å². The Morgan fingerprint density at radius 1 is 1.17 bits per heavy atom. The van der Waals surface area contributed by atoms with Gasteiger partial charge in [0.05, 0.1) is 25.1 Å². The van der Waals surface area contributed by atoms with Crippen molar-refractivity contribution in [3.05, 3.63) is 69.3 Å². The van der Waals surface area contributed by atoms with Crippen molar-refractivity contribution in [2.45, 2.75) is 6.61 Å². The van der Waals surface area contributed by atoms with E-state index in [0.29, 0.717) is 23.0 Å². The molecule has 0 saturated heterocycles. The molecule has 0 unspecified atom stereocenters. The zero-order valence-corrected chi connectivity index (χ0v) is 17.0. The van der Waals surface area contributed by atoms with Crippen LogP contribution in [-0.2, 0) is 4.74 Å². The number of thiazole rings is 1. The Morgan fingerprint density at radius 3 is 2.62 bits per heavy atom. The summed E-state index contributed by atoms with van der Waals surface area (Å²) < 4.78 is 35.9. The number of methoxy groups -OCH3 is 1. The highest BCUT2D eigenvalue weighted by molar-refractivity contribution is 7.07. The number of benzene rings is 2. The number of halogens is 3. The highest BCUT2D eigenvalue weighted by atomic mass is 35.5. The van der Waals surface area contributed by atoms with Crippen molar-refractivity contribution in [3.63, 3.8) is 0 Å². The molecule has 0 aliphatic heterocycles. The molecule has 9 heteroatoms. The van der Waals surface area contributed by atoms with Crippen LogP contribution in [0, 0.1) is 0 Å². The summed E-state index contributed by atoms with van der Waals surface area (Å²) in [5, 5.41) is 7.04. The molecule has 1 heterocycles. The lowest BCUT2D eigenvalue weighted by molar-refractivity contribution is -0.0498. The molecule has 5 nitrogen and oxygen atoms in total. The van der Waals surface area contributed by atoms with Gasteiger partial charge in [-0.1, -0.05) is 29.8 Å². The highest BCUT2D eigenvalue weighted by Crippen LogP contribution is 2.24. The predicted octanol–water partition coefficient (Wildman–Crippen LogP) is 4.90. The van der Waals surface area contributed by atoms with Crippen LogP contribution in [0.15, 0.2) is 64.0 Å². The fourth-order valence-corrected chi connectivity index (χ4v) is 3.51. The highest BCUT2D eigenvalue weighted by Gasteiger charge is 2.09. The normalized spacial score (nSPS) is 12.2. The minimum atomic E-state index is -2.86. The lowest BCUT2D eigenvalue weighted by Crippen LogP contribution is -2.13. The van der Waals surface area contributed by atoms with E-state index in [1.54, 1.807) is 36.2 Å². The van der Waals surface area contributed by atoms with Crippen LogP contribution in [0.5, 0.6) is 5.75 Å². The second-order valence-corrected chi connectivity index (χ2v) is 7.00. The quantitative estimate of drug-likeness (QED) is 0.371. The summed E-state index contributed by atoms with van der Waals surface area (Å²) >= 11 is 7.63. The van der Waals surface area contributed by atoms with Gasteiger partial charge < -0.3 is 9.47 Å². The molecule has 3 aromatic rings. The van der Waals surface area contributed by atoms with Gasteiger partial charge in [-0.3, -0.25) is 4.99 Å². The minimum absolute atomic E-state index is 0.0927. The summed E-state index contributed by atoms with van der Waals surface area (Å²) in [5.74, 6) is 0.0927. The number of hydrogen-bond donors (Lipinski definition) is 0. The van der Waals surface area contributed by atoms with Gasteiger partial charge in [0.1, 0.15) is 5.75 Å². The molecule has 0 atom stereocenters. The average molecular weight is 438 g/mol. The van der Waals surface area contributed by atoms with E-state index in [1.807, 2.05) is 23.6 Å². The van der Waals surface area contributed by atoms with Gasteiger partial charge in [-0.15, -0.1) is 11.3 Å². The van der Waals surface area contributed by atoms with Gasteiger partial charge in [0.2, 0.25) is 4.80 Å². The van der Waals surface area contributed by atoms with Crippen molar-refractivity contribution in [1.29, 1.82) is 0 Å². The topological polar surface area (TPSA) is 48.1 Å². The van der Waals surface area contributed by atoms with E-state index >= 15 is 0 Å². The Kier molecular flexibility index (Phi) is 7.51. The van der Waals surface area contributed by atoms with E-state index in [1.165, 1.54) is 23.5 Å². The van der Waals surface area contributed by atoms with Crippen LogP contribution in [0.2, 0.25) is 5.02 Å². The molecule has 2 aromatic carbocycles. The number of alkyl halides is 2. The lowest BCUT2D eigenvalue weighted by Gasteiger charge is -2.07. The average Bonchev–Trinajstić information content (AvgIpc) is 3.10. The maximum Gasteiger partial charge on any atom is 0.387 e. The van der Waals surface area contributed by atoms with Gasteiger partial charge in [0.25, 0.3) is 0 Å². The van der Waals surface area contributed by atoms with Gasteiger partial charge in [-0.05, 0) is 30.3 Å². The molecule has 0 saturated carbocycles. The molecule has 152 valence electrons. The molecule has 0 aliphatic carbocycles. The maximum atomic E-state index is 12.4. The van der Waals surface area contributed by atoms with Gasteiger partial charge in [-0.2, -0.15) is 13.9 Å². The Balaban J connectivity index is 1.99. The zero-order chi connectivity index (χ0) is 20.6. The molecule has 0 spiro atoms. The molecule has 0 aliphatic rings. The first-order chi connectivity index (χ1) is 14.1. The number of ether oxygens (including phenoxy) is 2. The molecule has 0 N–H and O–H groups in total. The third kappa shape index (κ3) is 5.72. The number of hydrogen-bond acceptors (Lipinski definition) is 5. The standard InChI is InChI=1S/C20H18ClF2N3O2S/c1-27-11-10-24-20-26(25-12-15-4-2-3-5-17(15)21)18(13-29-20)14-6-8-16(9-7-14)28-19(22)23/h2-9,12-13,19H,10-11H2,1H3/b24-20?,25-12-. The second-order valence-electron chi connectivity index (χ2n) is 5.76. The van der Waals surface area contributed by atoms with Crippen molar-refractivity contribution >= 4 is 29.2 Å². The fraction of sp³-hybridized carbons (Fsp3) is 0.200. The van der Waals surface area contributed by atoms with Crippen LogP contribution < -0.4 is 9.54 Å². The number of nitrogens with zero attached hydrogens (tertiary/aromatic N) is 3. The summed E-state index contributed by atoms with van der Waals surface area (Å²) in [6.45, 7) is -1.89. The maximum absolute atomic E-state index is 12.4. The fourth-order valence-electron chi connectivity index (χ4n) is 2.46. The van der Waals surface area contributed by atoms with E-state index in [4.69, 9.17) is 16.3 Å². The largest absolute Gasteiger partial charge is 0.435 e. The predicted molar refractivity (Wildman–Crippen MR) is 111 cm³/mol. The first kappa shape index (κ1) is 21.2. The van der Waals surface area contributed by atoms with Gasteiger partial charge >= 0.3 is 6.61 Å². The second kappa shape index (κ2) is 10.3. The molecule has 29 heavy (non-hydrogen) atoms. The van der Waals surface area contributed by atoms with Crippen molar-refractivity contribution in [3.8, 4) is 17.0 Å². The van der Waals surface area contributed by atoms with Crippen molar-refractivity contribution in [2.24, 2.45) is 10.1 Å². The van der Waals surface area contributed by atoms with Crippen LogP contribution in [0.1, 0.15) is 5.56 Å². The molecule has 1 aromatic heterocycles. The Morgan fingerprint density at radius 2 is 1.93 bits per heavy atom. The Bertz CT molecular complexity index is 1030. The van der Waals surface area contributed by atoms with Gasteiger partial charge in [0.15, 0.2) is 0 Å². The van der Waals surface area contributed by atoms with Crippen molar-refractivity contribution in [2.75, 3.05) is 20.3 Å². The molecular formula is C20H18ClF2N3O2S. The summed E-state index contributed by atoms with van der Waals surface area (Å²) in [4.78, 5) is 5.19. The smallest absolute Gasteiger partial charge is 0.387 e. The Hall–Kier alpha value is -2.55. The van der Waals surface area contributed by atoms with Crippen LogP contribution in [0.25, 0.3) is 11.3 Å². The molecule has 0 bridgehead atoms. The molecule has 3 rings (SSSR count). The van der Waals surface area contributed by atoms with E-state index in [-0.39, 0.29) is 5.75 Å². The summed E-state index contributed by atoms with van der Waals surface area (Å²) in [6.07, 6.45) is 1.65. The molecule has 0 radical (unpaired) electrons. The minimum Gasteiger partial charge on any atom is -0.435 e. The summed E-state index contributed by atoms with van der Waals surface area (Å²) in [7, 11) is 1.61. The molecule has 0 fully saturated rings. The van der Waals surface area contributed by atoms with Crippen molar-refractivity contribution < 1.29 is 18.3 Å². The molecular weight excluding hydrogens is 420 g/mol. The van der Waals surface area contributed by atoms with Gasteiger partial charge in [-0.25, -0.2) is 4.68 Å². The van der Waals surface area contributed by atoms with E-state index < -0.39 is 6.61 Å². The van der Waals surface area contributed by atoms with E-state index in [9.17, 15) is 8.78 Å². The van der Waals surface area contributed by atoms with E-state index in [0.717, 1.165) is 16.8 Å². The Labute approximate surface area is 175 Å². The zero-order valence-electron chi connectivity index (χ0n) is 15.5. The number of aromatic nitrogens is 1. The first-order valence-electron chi connectivity index (χ1n) is 8.62. The SMILES string of the molecule is COCCN=c1scc(-c2ccc(OC(F)F)cc2)n1/N=C\c1ccccc1Cl. The van der Waals surface area contributed by atoms with Crippen molar-refractivity contribution in [1.82, 2.24) is 4.68 Å². The summed E-state index contributed by atoms with van der Waals surface area (Å²) in [5.41, 5.74) is 2.31. The van der Waals surface area contributed by atoms with Gasteiger partial charge in [0, 0.05) is 28.6 Å². The monoisotopic (exact) mass is 437 g/mol. The van der Waals surface area contributed by atoms with Crippen LogP contribution in [0.3, 0.4) is 0 Å².